The highest BCUT2D eigenvalue weighted by Gasteiger charge is 2.40. The molecule has 0 spiro atoms. The molecule has 0 aliphatic carbocycles. The van der Waals surface area contributed by atoms with Crippen LogP contribution in [0.4, 0.5) is 0 Å². The van der Waals surface area contributed by atoms with E-state index in [2.05, 4.69) is 52.6 Å². The van der Waals surface area contributed by atoms with Gasteiger partial charge in [0.15, 0.2) is 8.32 Å². The average molecular weight is 377 g/mol. The number of hydrogen-bond donors (Lipinski definition) is 1. The lowest BCUT2D eigenvalue weighted by Gasteiger charge is -2.40. The summed E-state index contributed by atoms with van der Waals surface area (Å²) in [5, 5.41) is 9.26. The van der Waals surface area contributed by atoms with Gasteiger partial charge in [0.05, 0.1) is 19.3 Å². The minimum atomic E-state index is -1.91. The Morgan fingerprint density at radius 2 is 1.85 bits per heavy atom. The van der Waals surface area contributed by atoms with E-state index in [9.17, 15) is 0 Å². The molecule has 4 heteroatoms. The normalized spacial score (nSPS) is 15.2. The Morgan fingerprint density at radius 1 is 1.19 bits per heavy atom. The van der Waals surface area contributed by atoms with Gasteiger partial charge in [-0.1, -0.05) is 69.3 Å². The van der Waals surface area contributed by atoms with Crippen molar-refractivity contribution in [2.75, 3.05) is 13.2 Å². The third-order valence-electron chi connectivity index (χ3n) is 5.08. The first-order chi connectivity index (χ1) is 12.2. The van der Waals surface area contributed by atoms with Crippen molar-refractivity contribution in [1.29, 1.82) is 0 Å². The molecule has 0 unspecified atom stereocenters. The summed E-state index contributed by atoms with van der Waals surface area (Å²) in [6, 6.07) is 10.2. The van der Waals surface area contributed by atoms with Crippen LogP contribution in [0.15, 0.2) is 55.1 Å². The molecule has 0 aromatic heterocycles. The third-order valence-corrected chi connectivity index (χ3v) is 9.58. The highest BCUT2D eigenvalue weighted by molar-refractivity contribution is 6.74. The highest BCUT2D eigenvalue weighted by atomic mass is 28.4. The Bertz CT molecular complexity index is 546. The third kappa shape index (κ3) is 7.58. The standard InChI is InChI=1S/C22H36O3Si/c1-7-20(14-11-16-23)21(25-26(5,6)22(2,3)4)15-17-24-18-19-12-9-8-10-13-19/h7-14,20-21,23H,1,15-18H2,2-6H3/b14-11+/t20-,21-/m0/s1. The van der Waals surface area contributed by atoms with Crippen LogP contribution in [0.1, 0.15) is 32.8 Å². The summed E-state index contributed by atoms with van der Waals surface area (Å²) in [5.74, 6) is 0.0663. The van der Waals surface area contributed by atoms with Crippen molar-refractivity contribution in [3.63, 3.8) is 0 Å². The minimum absolute atomic E-state index is 0.00645. The van der Waals surface area contributed by atoms with E-state index in [1.807, 2.05) is 30.4 Å². The lowest BCUT2D eigenvalue weighted by Crippen LogP contribution is -2.45. The van der Waals surface area contributed by atoms with Crippen LogP contribution >= 0.6 is 0 Å². The molecule has 0 saturated carbocycles. The number of ether oxygens (including phenoxy) is 1. The Labute approximate surface area is 160 Å². The highest BCUT2D eigenvalue weighted by Crippen LogP contribution is 2.38. The molecule has 0 aliphatic rings. The molecule has 0 aliphatic heterocycles. The first-order valence-corrected chi connectivity index (χ1v) is 12.3. The zero-order valence-corrected chi connectivity index (χ0v) is 18.1. The molecule has 2 atom stereocenters. The molecule has 0 amide bonds. The lowest BCUT2D eigenvalue weighted by molar-refractivity contribution is 0.0682. The first kappa shape index (κ1) is 22.8. The molecule has 0 saturated heterocycles. The number of aliphatic hydroxyl groups is 1. The van der Waals surface area contributed by atoms with Gasteiger partial charge in [-0.05, 0) is 30.1 Å². The second-order valence-electron chi connectivity index (χ2n) is 8.17. The predicted molar refractivity (Wildman–Crippen MR) is 113 cm³/mol. The molecule has 0 bridgehead atoms. The van der Waals surface area contributed by atoms with Crippen molar-refractivity contribution >= 4 is 8.32 Å². The molecule has 0 fully saturated rings. The van der Waals surface area contributed by atoms with Crippen molar-refractivity contribution in [2.24, 2.45) is 5.92 Å². The minimum Gasteiger partial charge on any atom is -0.413 e. The summed E-state index contributed by atoms with van der Waals surface area (Å²) in [5.41, 5.74) is 1.18. The van der Waals surface area contributed by atoms with Gasteiger partial charge in [0.1, 0.15) is 0 Å². The largest absolute Gasteiger partial charge is 0.413 e. The molecule has 1 rings (SSSR count). The van der Waals surface area contributed by atoms with E-state index in [1.54, 1.807) is 6.08 Å². The Morgan fingerprint density at radius 3 is 2.38 bits per heavy atom. The molecule has 1 aromatic carbocycles. The molecular weight excluding hydrogens is 340 g/mol. The van der Waals surface area contributed by atoms with Gasteiger partial charge in [-0.25, -0.2) is 0 Å². The van der Waals surface area contributed by atoms with Crippen molar-refractivity contribution in [2.45, 2.75) is 58.0 Å². The van der Waals surface area contributed by atoms with Gasteiger partial charge in [0.2, 0.25) is 0 Å². The molecule has 1 N–H and O–H groups in total. The maximum absolute atomic E-state index is 9.12. The van der Waals surface area contributed by atoms with Crippen LogP contribution in [-0.2, 0) is 15.8 Å². The number of aliphatic hydroxyl groups excluding tert-OH is 1. The van der Waals surface area contributed by atoms with E-state index < -0.39 is 8.32 Å². The van der Waals surface area contributed by atoms with Crippen molar-refractivity contribution in [1.82, 2.24) is 0 Å². The predicted octanol–water partition coefficient (Wildman–Crippen LogP) is 5.33. The fraction of sp³-hybridized carbons (Fsp3) is 0.545. The fourth-order valence-corrected chi connectivity index (χ4v) is 3.81. The van der Waals surface area contributed by atoms with Crippen LogP contribution in [0, 0.1) is 5.92 Å². The van der Waals surface area contributed by atoms with Crippen molar-refractivity contribution in [3.8, 4) is 0 Å². The van der Waals surface area contributed by atoms with E-state index in [-0.39, 0.29) is 23.7 Å². The van der Waals surface area contributed by atoms with E-state index in [4.69, 9.17) is 14.3 Å². The zero-order valence-electron chi connectivity index (χ0n) is 17.1. The molecule has 3 nitrogen and oxygen atoms in total. The Balaban J connectivity index is 2.73. The van der Waals surface area contributed by atoms with Gasteiger partial charge in [-0.15, -0.1) is 6.58 Å². The summed E-state index contributed by atoms with van der Waals surface area (Å²) in [6.07, 6.45) is 6.46. The van der Waals surface area contributed by atoms with E-state index >= 15 is 0 Å². The van der Waals surface area contributed by atoms with Gasteiger partial charge < -0.3 is 14.3 Å². The van der Waals surface area contributed by atoms with Crippen LogP contribution in [0.2, 0.25) is 18.1 Å². The summed E-state index contributed by atoms with van der Waals surface area (Å²) in [7, 11) is -1.91. The molecular formula is C22H36O3Si. The van der Waals surface area contributed by atoms with Gasteiger partial charge in [-0.3, -0.25) is 0 Å². The SMILES string of the molecule is C=C[C@@H](/C=C/CO)[C@H](CCOCc1ccccc1)O[Si](C)(C)C(C)(C)C. The fourth-order valence-electron chi connectivity index (χ4n) is 2.42. The van der Waals surface area contributed by atoms with Gasteiger partial charge in [0, 0.05) is 12.5 Å². The van der Waals surface area contributed by atoms with E-state index in [0.29, 0.717) is 13.2 Å². The van der Waals surface area contributed by atoms with Crippen LogP contribution < -0.4 is 0 Å². The summed E-state index contributed by atoms with van der Waals surface area (Å²) in [4.78, 5) is 0. The monoisotopic (exact) mass is 376 g/mol. The van der Waals surface area contributed by atoms with Crippen molar-refractivity contribution < 1.29 is 14.3 Å². The number of rotatable bonds is 11. The topological polar surface area (TPSA) is 38.7 Å². The van der Waals surface area contributed by atoms with Gasteiger partial charge in [0.25, 0.3) is 0 Å². The summed E-state index contributed by atoms with van der Waals surface area (Å²) in [6.45, 7) is 16.5. The number of hydrogen-bond acceptors (Lipinski definition) is 3. The van der Waals surface area contributed by atoms with Gasteiger partial charge >= 0.3 is 0 Å². The van der Waals surface area contributed by atoms with Crippen molar-refractivity contribution in [3.05, 3.63) is 60.7 Å². The molecule has 146 valence electrons. The smallest absolute Gasteiger partial charge is 0.192 e. The van der Waals surface area contributed by atoms with Crippen LogP contribution in [0.5, 0.6) is 0 Å². The first-order valence-electron chi connectivity index (χ1n) is 9.41. The van der Waals surface area contributed by atoms with Crippen LogP contribution in [-0.4, -0.2) is 32.7 Å². The molecule has 1 aromatic rings. The summed E-state index contributed by atoms with van der Waals surface area (Å²) < 4.78 is 12.5. The zero-order chi connectivity index (χ0) is 19.6. The second kappa shape index (κ2) is 10.8. The average Bonchev–Trinajstić information content (AvgIpc) is 2.58. The van der Waals surface area contributed by atoms with Gasteiger partial charge in [-0.2, -0.15) is 0 Å². The maximum Gasteiger partial charge on any atom is 0.192 e. The second-order valence-corrected chi connectivity index (χ2v) is 12.9. The quantitative estimate of drug-likeness (QED) is 0.322. The Hall–Kier alpha value is -1.20. The maximum atomic E-state index is 9.12. The lowest BCUT2D eigenvalue weighted by atomic mass is 9.99. The summed E-state index contributed by atoms with van der Waals surface area (Å²) >= 11 is 0. The molecule has 26 heavy (non-hydrogen) atoms. The van der Waals surface area contributed by atoms with Crippen LogP contribution in [0.3, 0.4) is 0 Å². The Kier molecular flexibility index (Phi) is 9.51. The molecule has 0 radical (unpaired) electrons. The number of benzene rings is 1. The van der Waals surface area contributed by atoms with Crippen LogP contribution in [0.25, 0.3) is 0 Å². The van der Waals surface area contributed by atoms with E-state index in [1.165, 1.54) is 5.56 Å². The molecule has 0 heterocycles. The van der Waals surface area contributed by atoms with E-state index in [0.717, 1.165) is 6.42 Å².